The molecule has 74 heavy (non-hydrogen) atoms. The molecule has 16 nitrogen and oxygen atoms in total. The van der Waals surface area contributed by atoms with E-state index in [-0.39, 0.29) is 0 Å². The molecular formula is C51H37At3I4N16. The summed E-state index contributed by atoms with van der Waals surface area (Å²) in [7, 11) is 0. The number of halogens is 4. The number of aryl methyl sites for hydroxylation is 1. The molecule has 0 atom stereocenters. The first-order valence-electron chi connectivity index (χ1n) is 20.6. The van der Waals surface area contributed by atoms with Gasteiger partial charge in [-0.3, -0.25) is 0 Å². The number of hydrogen-bond acceptors (Lipinski definition) is 8. The van der Waals surface area contributed by atoms with Gasteiger partial charge in [-0.05, 0) is 175 Å². The van der Waals surface area contributed by atoms with Crippen LogP contribution in [0.5, 0.6) is 0 Å². The number of benzene rings is 7. The molecule has 0 aliphatic heterocycles. The maximum absolute atomic E-state index is 8.05. The summed E-state index contributed by atoms with van der Waals surface area (Å²) in [6.45, 7) is 2.65. The summed E-state index contributed by atoms with van der Waals surface area (Å²) < 4.78 is 8.51. The third-order valence-corrected chi connectivity index (χ3v) is 14.0. The van der Waals surface area contributed by atoms with Crippen LogP contribution in [0.4, 0.5) is 11.4 Å². The zero-order valence-electron chi connectivity index (χ0n) is 38.5. The molecule has 0 saturated carbocycles. The second-order valence-electron chi connectivity index (χ2n) is 13.4. The Hall–Kier alpha value is -4.59. The van der Waals surface area contributed by atoms with Crippen LogP contribution in [0.2, 0.25) is 0 Å². The molecule has 0 radical (unpaired) electrons. The number of nitrogens with zero attached hydrogens (tertiary/aromatic N) is 16. The van der Waals surface area contributed by atoms with Gasteiger partial charge in [0.1, 0.15) is 0 Å². The Kier molecular flexibility index (Phi) is 36.0. The van der Waals surface area contributed by atoms with Crippen molar-refractivity contribution in [1.29, 1.82) is 0 Å². The molecule has 0 spiro atoms. The van der Waals surface area contributed by atoms with Gasteiger partial charge >= 0.3 is 224 Å². The second-order valence-corrected chi connectivity index (χ2v) is 23.5. The van der Waals surface area contributed by atoms with Gasteiger partial charge in [0.2, 0.25) is 5.82 Å². The number of aromatic nitrogens is 4. The average Bonchev–Trinajstić information content (AvgIpc) is 3.42. The van der Waals surface area contributed by atoms with Gasteiger partial charge in [-0.2, -0.15) is 0 Å². The van der Waals surface area contributed by atoms with Crippen molar-refractivity contribution in [1.82, 2.24) is 20.4 Å². The Morgan fingerprint density at radius 1 is 0.432 bits per heavy atom. The van der Waals surface area contributed by atoms with E-state index in [0.29, 0.717) is 36.1 Å². The van der Waals surface area contributed by atoms with Crippen molar-refractivity contribution in [3.05, 3.63) is 254 Å². The Morgan fingerprint density at radius 3 is 1.09 bits per heavy atom. The predicted molar refractivity (Wildman–Crippen MR) is 315 cm³/mol. The van der Waals surface area contributed by atoms with Crippen molar-refractivity contribution in [2.45, 2.75) is 20.0 Å². The van der Waals surface area contributed by atoms with Crippen molar-refractivity contribution in [3.8, 4) is 36.1 Å². The van der Waals surface area contributed by atoms with Gasteiger partial charge in [0.15, 0.2) is 5.82 Å². The quantitative estimate of drug-likeness (QED) is 0.0496. The fourth-order valence-corrected chi connectivity index (χ4v) is 7.52. The molecule has 0 fully saturated rings. The molecule has 8 rings (SSSR count). The van der Waals surface area contributed by atoms with Gasteiger partial charge in [0.25, 0.3) is 0 Å². The molecule has 8 aromatic rings. The van der Waals surface area contributed by atoms with E-state index < -0.39 is 0 Å². The van der Waals surface area contributed by atoms with Crippen molar-refractivity contribution in [2.24, 2.45) is 20.5 Å². The van der Waals surface area contributed by atoms with Crippen LogP contribution in [0.3, 0.4) is 0 Å². The summed E-state index contributed by atoms with van der Waals surface area (Å²) in [5, 5.41) is 29.4. The molecule has 0 bridgehead atoms. The topological polar surface area (TPSA) is 247 Å². The first-order valence-corrected chi connectivity index (χ1v) is 29.3. The van der Waals surface area contributed by atoms with Crippen LogP contribution in [0.25, 0.3) is 53.2 Å². The van der Waals surface area contributed by atoms with E-state index in [1.54, 1.807) is 105 Å². The number of azide groups is 4. The van der Waals surface area contributed by atoms with Crippen LogP contribution < -0.4 is 9.81 Å². The van der Waals surface area contributed by atoms with Gasteiger partial charge < -0.3 is 0 Å². The van der Waals surface area contributed by atoms with Gasteiger partial charge in [-0.15, -0.1) is 26.8 Å². The van der Waals surface area contributed by atoms with Crippen LogP contribution in [0.15, 0.2) is 190 Å². The molecule has 0 unspecified atom stereocenters. The third-order valence-electron chi connectivity index (χ3n) is 8.14. The van der Waals surface area contributed by atoms with Crippen molar-refractivity contribution < 1.29 is 74.2 Å². The standard InChI is InChI=1S/C9H7IN4.C8H5At.C8H5I.C7H6AtN3.C7H6IN3.C6H4AtN3.C6H4IN3/c1-6-11-13-9(14-12-6)7-2-4-8(10)5-3-7;2*1-2-7-3-5-8(9)6-4-7;2*8-7-3-1-6(2-4-7)5-10-11-9;2*7-5-1-3-6(4-2-5)9-10-8/h2-5H,1H3;2*1,3-6H;2*1-4H,5H2;2*1-4H/i10-2;9+1;9-2;8+1;8-2;7+1;7-2. The molecular weight excluding hydrogens is 1970 g/mol. The minimum absolute atomic E-state index is 0.438. The molecule has 7 aromatic carbocycles. The van der Waals surface area contributed by atoms with Crippen LogP contribution in [-0.2, 0) is 13.1 Å². The molecule has 23 heteroatoms. The van der Waals surface area contributed by atoms with Gasteiger partial charge in [0, 0.05) is 40.9 Å². The number of terminal acetylenes is 2. The van der Waals surface area contributed by atoms with Crippen molar-refractivity contribution in [3.63, 3.8) is 0 Å². The van der Waals surface area contributed by atoms with E-state index in [4.69, 9.17) is 35.0 Å². The first-order chi connectivity index (χ1) is 35.7. The normalized spacial score (nSPS) is 8.89. The van der Waals surface area contributed by atoms with Crippen molar-refractivity contribution >= 4 is 112 Å². The van der Waals surface area contributed by atoms with Crippen LogP contribution >= 0.6 is 90.4 Å². The van der Waals surface area contributed by atoms with Crippen LogP contribution in [-0.4, -0.2) is 20.4 Å². The average molecular weight is 2010 g/mol. The monoisotopic (exact) mass is 2010 g/mol. The molecule has 0 aliphatic carbocycles. The fraction of sp³-hybridized carbons (Fsp3) is 0.0588. The summed E-state index contributed by atoms with van der Waals surface area (Å²) in [6, 6.07) is 54.4. The van der Waals surface area contributed by atoms with E-state index in [0.717, 1.165) is 31.4 Å². The summed E-state index contributed by atoms with van der Waals surface area (Å²) in [5.41, 5.74) is 38.4. The first kappa shape index (κ1) is 65.5. The summed E-state index contributed by atoms with van der Waals surface area (Å²) in [6.07, 6.45) is 10.3. The molecule has 1 aromatic heterocycles. The van der Waals surface area contributed by atoms with E-state index in [1.165, 1.54) is 20.5 Å². The SMILES string of the molecule is C#Cc1ccc([125I])cc1.C#Cc1ccc([211At])cc1.Cc1nnc(-c2ccc([125I])cc2)nn1.[N-]=[N+]=NCc1ccc([125I])cc1.[N-]=[N+]=NCc1ccc([211At])cc1.[N-]=[N+]=Nc1ccc([125I])cc1.[N-]=[N+]=Nc1ccc([211At])cc1. The zero-order chi connectivity index (χ0) is 54.4. The predicted octanol–water partition coefficient (Wildman–Crippen LogP) is 14.8. The molecule has 0 aliphatic rings. The van der Waals surface area contributed by atoms with Crippen molar-refractivity contribution in [2.75, 3.05) is 0 Å². The van der Waals surface area contributed by atoms with Gasteiger partial charge in [-0.25, -0.2) is 0 Å². The minimum atomic E-state index is 0.438. The molecule has 1 heterocycles. The number of hydrogen-bond donors (Lipinski definition) is 0. The summed E-state index contributed by atoms with van der Waals surface area (Å²) in [4.78, 5) is 10.7. The Bertz CT molecular complexity index is 2970. The van der Waals surface area contributed by atoms with E-state index in [2.05, 4.69) is 163 Å². The number of rotatable bonds is 7. The van der Waals surface area contributed by atoms with E-state index in [9.17, 15) is 0 Å². The van der Waals surface area contributed by atoms with Gasteiger partial charge in [-0.1, -0.05) is 52.5 Å². The molecule has 0 N–H and O–H groups in total. The summed E-state index contributed by atoms with van der Waals surface area (Å²) >= 11 is 13.8. The third kappa shape index (κ3) is 31.3. The second kappa shape index (κ2) is 40.7. The Balaban J connectivity index is 0.000000297. The fourth-order valence-electron chi connectivity index (χ4n) is 4.61. The van der Waals surface area contributed by atoms with Crippen LogP contribution in [0.1, 0.15) is 28.1 Å². The van der Waals surface area contributed by atoms with E-state index in [1.807, 2.05) is 146 Å². The molecule has 370 valence electrons. The molecule has 0 amide bonds. The maximum atomic E-state index is 8.05. The molecule has 0 saturated heterocycles. The summed E-state index contributed by atoms with van der Waals surface area (Å²) in [5.74, 6) is 6.26. The van der Waals surface area contributed by atoms with Gasteiger partial charge in [0.05, 0.1) is 6.54 Å². The Morgan fingerprint density at radius 2 is 0.730 bits per heavy atom. The van der Waals surface area contributed by atoms with Crippen LogP contribution in [0, 0.1) is 120 Å². The van der Waals surface area contributed by atoms with E-state index >= 15 is 0 Å². The Labute approximate surface area is 529 Å². The zero-order valence-corrected chi connectivity index (χ0v) is 56.0.